The van der Waals surface area contributed by atoms with Gasteiger partial charge in [0, 0.05) is 5.69 Å². The molecule has 1 aromatic rings. The molecule has 2 saturated carbocycles. The van der Waals surface area contributed by atoms with Gasteiger partial charge in [-0.3, -0.25) is 0 Å². The number of hydrogen-bond donors (Lipinski definition) is 1. The summed E-state index contributed by atoms with van der Waals surface area (Å²) in [5.74, 6) is 1.92. The molecule has 0 bridgehead atoms. The number of anilines is 1. The molecule has 0 radical (unpaired) electrons. The molecule has 0 heterocycles. The topological polar surface area (TPSA) is 26.0 Å². The standard InChI is InChI=1S/C23H37N/c1-2-3-5-8-19-9-11-20(12-10-19)23(17-6-4-7-18-23)21-13-15-22(24)16-14-21/h13-16,19-20H,2-12,17-18,24H2,1H3. The molecule has 134 valence electrons. The molecule has 2 aliphatic carbocycles. The smallest absolute Gasteiger partial charge is 0.0314 e. The lowest BCUT2D eigenvalue weighted by Crippen LogP contribution is -2.39. The highest BCUT2D eigenvalue weighted by atomic mass is 14.5. The van der Waals surface area contributed by atoms with Crippen molar-refractivity contribution in [3.05, 3.63) is 29.8 Å². The van der Waals surface area contributed by atoms with Crippen LogP contribution in [-0.4, -0.2) is 0 Å². The van der Waals surface area contributed by atoms with Crippen LogP contribution in [0.3, 0.4) is 0 Å². The zero-order chi connectivity index (χ0) is 16.8. The second-order valence-corrected chi connectivity index (χ2v) is 8.55. The molecule has 0 amide bonds. The summed E-state index contributed by atoms with van der Waals surface area (Å²) in [5.41, 5.74) is 8.91. The van der Waals surface area contributed by atoms with Gasteiger partial charge in [0.05, 0.1) is 0 Å². The predicted octanol–water partition coefficient (Wildman–Crippen LogP) is 6.86. The summed E-state index contributed by atoms with van der Waals surface area (Å²) in [7, 11) is 0. The quantitative estimate of drug-likeness (QED) is 0.448. The highest BCUT2D eigenvalue weighted by Crippen LogP contribution is 2.51. The normalized spacial score (nSPS) is 27.0. The Kier molecular flexibility index (Phi) is 6.25. The summed E-state index contributed by atoms with van der Waals surface area (Å²) in [4.78, 5) is 0. The lowest BCUT2D eigenvalue weighted by molar-refractivity contribution is 0.124. The van der Waals surface area contributed by atoms with Gasteiger partial charge in [0.15, 0.2) is 0 Å². The molecular weight excluding hydrogens is 290 g/mol. The summed E-state index contributed by atoms with van der Waals surface area (Å²) in [6, 6.07) is 8.94. The zero-order valence-electron chi connectivity index (χ0n) is 15.7. The van der Waals surface area contributed by atoms with E-state index in [0.717, 1.165) is 17.5 Å². The van der Waals surface area contributed by atoms with E-state index in [1.165, 1.54) is 83.5 Å². The van der Waals surface area contributed by atoms with Crippen LogP contribution in [0.15, 0.2) is 24.3 Å². The molecule has 2 aliphatic rings. The average molecular weight is 328 g/mol. The van der Waals surface area contributed by atoms with Gasteiger partial charge in [-0.15, -0.1) is 0 Å². The second kappa shape index (κ2) is 8.41. The minimum absolute atomic E-state index is 0.459. The maximum Gasteiger partial charge on any atom is 0.0314 e. The van der Waals surface area contributed by atoms with E-state index < -0.39 is 0 Å². The highest BCUT2D eigenvalue weighted by Gasteiger charge is 2.42. The Hall–Kier alpha value is -0.980. The Bertz CT molecular complexity index is 475. The molecule has 0 saturated heterocycles. The Morgan fingerprint density at radius 3 is 2.21 bits per heavy atom. The lowest BCUT2D eigenvalue weighted by Gasteiger charge is -2.47. The van der Waals surface area contributed by atoms with Crippen LogP contribution in [-0.2, 0) is 5.41 Å². The van der Waals surface area contributed by atoms with E-state index in [9.17, 15) is 0 Å². The molecule has 1 nitrogen and oxygen atoms in total. The Labute approximate surface area is 149 Å². The SMILES string of the molecule is CCCCCC1CCC(C2(c3ccc(N)cc3)CCCCC2)CC1. The van der Waals surface area contributed by atoms with E-state index >= 15 is 0 Å². The fourth-order valence-electron chi connectivity index (χ4n) is 5.62. The van der Waals surface area contributed by atoms with Crippen molar-refractivity contribution in [3.8, 4) is 0 Å². The summed E-state index contributed by atoms with van der Waals surface area (Å²) in [6.45, 7) is 2.32. The lowest BCUT2D eigenvalue weighted by atomic mass is 9.57. The number of rotatable bonds is 6. The maximum atomic E-state index is 5.95. The number of hydrogen-bond acceptors (Lipinski definition) is 1. The Morgan fingerprint density at radius 2 is 1.58 bits per heavy atom. The van der Waals surface area contributed by atoms with Crippen molar-refractivity contribution in [3.63, 3.8) is 0 Å². The first-order valence-electron chi connectivity index (χ1n) is 10.6. The molecule has 0 aromatic heterocycles. The van der Waals surface area contributed by atoms with Crippen LogP contribution in [0, 0.1) is 11.8 Å². The van der Waals surface area contributed by atoms with Crippen LogP contribution >= 0.6 is 0 Å². The second-order valence-electron chi connectivity index (χ2n) is 8.55. The van der Waals surface area contributed by atoms with Gasteiger partial charge in [0.1, 0.15) is 0 Å². The van der Waals surface area contributed by atoms with Crippen LogP contribution in [0.2, 0.25) is 0 Å². The molecule has 0 atom stereocenters. The molecule has 1 heteroatoms. The van der Waals surface area contributed by atoms with Crippen molar-refractivity contribution >= 4 is 5.69 Å². The molecule has 2 fully saturated rings. The van der Waals surface area contributed by atoms with E-state index in [1.54, 1.807) is 5.56 Å². The number of nitrogens with two attached hydrogens (primary N) is 1. The molecule has 3 rings (SSSR count). The van der Waals surface area contributed by atoms with Crippen LogP contribution < -0.4 is 5.73 Å². The van der Waals surface area contributed by atoms with Crippen molar-refractivity contribution in [2.45, 2.75) is 95.8 Å². The van der Waals surface area contributed by atoms with Crippen LogP contribution in [0.5, 0.6) is 0 Å². The van der Waals surface area contributed by atoms with Gasteiger partial charge in [-0.1, -0.05) is 76.8 Å². The van der Waals surface area contributed by atoms with E-state index in [1.807, 2.05) is 0 Å². The molecular formula is C23H37N. The van der Waals surface area contributed by atoms with E-state index in [4.69, 9.17) is 5.73 Å². The van der Waals surface area contributed by atoms with E-state index in [-0.39, 0.29) is 0 Å². The predicted molar refractivity (Wildman–Crippen MR) is 105 cm³/mol. The van der Waals surface area contributed by atoms with Crippen molar-refractivity contribution in [2.75, 3.05) is 5.73 Å². The van der Waals surface area contributed by atoms with Gasteiger partial charge in [0.25, 0.3) is 0 Å². The van der Waals surface area contributed by atoms with Crippen molar-refractivity contribution in [2.24, 2.45) is 11.8 Å². The van der Waals surface area contributed by atoms with Gasteiger partial charge in [-0.25, -0.2) is 0 Å². The largest absolute Gasteiger partial charge is 0.399 e. The minimum Gasteiger partial charge on any atom is -0.399 e. The fraction of sp³-hybridized carbons (Fsp3) is 0.739. The van der Waals surface area contributed by atoms with Crippen molar-refractivity contribution in [1.29, 1.82) is 0 Å². The molecule has 1 aromatic carbocycles. The van der Waals surface area contributed by atoms with Gasteiger partial charge in [0.2, 0.25) is 0 Å². The first kappa shape index (κ1) is 17.8. The Morgan fingerprint density at radius 1 is 0.917 bits per heavy atom. The fourth-order valence-corrected chi connectivity index (χ4v) is 5.62. The van der Waals surface area contributed by atoms with Crippen molar-refractivity contribution in [1.82, 2.24) is 0 Å². The first-order valence-corrected chi connectivity index (χ1v) is 10.6. The molecule has 0 spiro atoms. The molecule has 2 N–H and O–H groups in total. The Balaban J connectivity index is 1.68. The molecule has 0 unspecified atom stereocenters. The van der Waals surface area contributed by atoms with Crippen LogP contribution in [0.4, 0.5) is 5.69 Å². The zero-order valence-corrected chi connectivity index (χ0v) is 15.7. The number of nitrogen functional groups attached to an aromatic ring is 1. The summed E-state index contributed by atoms with van der Waals surface area (Å²) < 4.78 is 0. The monoisotopic (exact) mass is 327 g/mol. The summed E-state index contributed by atoms with van der Waals surface area (Å²) >= 11 is 0. The van der Waals surface area contributed by atoms with Crippen LogP contribution in [0.25, 0.3) is 0 Å². The number of unbranched alkanes of at least 4 members (excludes halogenated alkanes) is 2. The third kappa shape index (κ3) is 3.98. The molecule has 0 aliphatic heterocycles. The molecule has 24 heavy (non-hydrogen) atoms. The summed E-state index contributed by atoms with van der Waals surface area (Å²) in [5, 5.41) is 0. The average Bonchev–Trinajstić information content (AvgIpc) is 2.64. The maximum absolute atomic E-state index is 5.95. The summed E-state index contributed by atoms with van der Waals surface area (Å²) in [6.07, 6.45) is 18.7. The van der Waals surface area contributed by atoms with Gasteiger partial charge in [-0.2, -0.15) is 0 Å². The van der Waals surface area contributed by atoms with E-state index in [0.29, 0.717) is 5.41 Å². The van der Waals surface area contributed by atoms with Crippen LogP contribution in [0.1, 0.15) is 96.0 Å². The van der Waals surface area contributed by atoms with Gasteiger partial charge in [-0.05, 0) is 60.6 Å². The third-order valence-electron chi connectivity index (χ3n) is 7.08. The third-order valence-corrected chi connectivity index (χ3v) is 7.08. The number of benzene rings is 1. The first-order chi connectivity index (χ1) is 11.7. The minimum atomic E-state index is 0.459. The van der Waals surface area contributed by atoms with Gasteiger partial charge < -0.3 is 5.73 Å². The van der Waals surface area contributed by atoms with E-state index in [2.05, 4.69) is 31.2 Å². The highest BCUT2D eigenvalue weighted by molar-refractivity contribution is 5.42. The van der Waals surface area contributed by atoms with Gasteiger partial charge >= 0.3 is 0 Å². The van der Waals surface area contributed by atoms with Crippen molar-refractivity contribution < 1.29 is 0 Å².